The smallest absolute Gasteiger partial charge is 0.212 e. The zero-order valence-corrected chi connectivity index (χ0v) is 17.0. The third-order valence-corrected chi connectivity index (χ3v) is 5.47. The van der Waals surface area contributed by atoms with E-state index in [-0.39, 0.29) is 30.6 Å². The molecule has 1 fully saturated rings. The van der Waals surface area contributed by atoms with E-state index in [1.54, 1.807) is 29.2 Å². The van der Waals surface area contributed by atoms with Gasteiger partial charge in [-0.15, -0.1) is 0 Å². The highest BCUT2D eigenvalue weighted by Crippen LogP contribution is 2.29. The molecule has 4 rings (SSSR count). The molecular weight excluding hydrogens is 408 g/mol. The van der Waals surface area contributed by atoms with E-state index in [9.17, 15) is 19.0 Å². The predicted octanol–water partition coefficient (Wildman–Crippen LogP) is 2.00. The first kappa shape index (κ1) is 21.1. The summed E-state index contributed by atoms with van der Waals surface area (Å²) in [6.07, 6.45) is 1.67. The van der Waals surface area contributed by atoms with Gasteiger partial charge in [0, 0.05) is 24.7 Å². The molecule has 164 valence electrons. The highest BCUT2D eigenvalue weighted by Gasteiger charge is 2.33. The molecule has 1 aromatic carbocycles. The number of halogens is 2. The number of benzene rings is 1. The normalized spacial score (nSPS) is 15.8. The standard InChI is InChI=1S/C21H23F2N5O3/c1-31-18-10-17(26-28(18)12-14-4-2-3-5-15(14)22)19-24-11-16(23)20(25-19)27-8-6-21(30,13-29)7-9-27/h2-5,10-11,29-30H,6-9,12-13H2,1H3. The number of aliphatic hydroxyl groups is 2. The molecule has 2 N–H and O–H groups in total. The van der Waals surface area contributed by atoms with Crippen molar-refractivity contribution in [3.05, 3.63) is 53.7 Å². The lowest BCUT2D eigenvalue weighted by atomic mass is 9.92. The number of anilines is 1. The summed E-state index contributed by atoms with van der Waals surface area (Å²) < 4.78 is 35.3. The lowest BCUT2D eigenvalue weighted by Gasteiger charge is -2.37. The van der Waals surface area contributed by atoms with Crippen LogP contribution < -0.4 is 9.64 Å². The van der Waals surface area contributed by atoms with Crippen LogP contribution in [0.3, 0.4) is 0 Å². The van der Waals surface area contributed by atoms with Crippen LogP contribution >= 0.6 is 0 Å². The third-order valence-electron chi connectivity index (χ3n) is 5.47. The van der Waals surface area contributed by atoms with Crippen molar-refractivity contribution in [3.8, 4) is 17.4 Å². The third kappa shape index (κ3) is 4.35. The summed E-state index contributed by atoms with van der Waals surface area (Å²) in [7, 11) is 1.48. The molecule has 1 aliphatic rings. The summed E-state index contributed by atoms with van der Waals surface area (Å²) in [5.41, 5.74) is -0.346. The van der Waals surface area contributed by atoms with Crippen molar-refractivity contribution >= 4 is 5.82 Å². The van der Waals surface area contributed by atoms with E-state index in [4.69, 9.17) is 4.74 Å². The second-order valence-corrected chi connectivity index (χ2v) is 7.56. The maximum Gasteiger partial charge on any atom is 0.212 e. The lowest BCUT2D eigenvalue weighted by Crippen LogP contribution is -2.47. The molecule has 0 aliphatic carbocycles. The highest BCUT2D eigenvalue weighted by molar-refractivity contribution is 5.55. The van der Waals surface area contributed by atoms with E-state index in [0.29, 0.717) is 43.1 Å². The molecule has 1 saturated heterocycles. The van der Waals surface area contributed by atoms with Crippen LogP contribution in [0, 0.1) is 11.6 Å². The van der Waals surface area contributed by atoms with Gasteiger partial charge in [-0.1, -0.05) is 18.2 Å². The van der Waals surface area contributed by atoms with Crippen LogP contribution in [0.1, 0.15) is 18.4 Å². The Labute approximate surface area is 177 Å². The van der Waals surface area contributed by atoms with Gasteiger partial charge < -0.3 is 19.8 Å². The largest absolute Gasteiger partial charge is 0.481 e. The van der Waals surface area contributed by atoms with Crippen LogP contribution in [0.5, 0.6) is 5.88 Å². The molecule has 0 amide bonds. The Bertz CT molecular complexity index is 1070. The molecule has 0 spiro atoms. The van der Waals surface area contributed by atoms with Gasteiger partial charge in [0.15, 0.2) is 17.5 Å². The van der Waals surface area contributed by atoms with Gasteiger partial charge >= 0.3 is 0 Å². The molecule has 0 unspecified atom stereocenters. The minimum atomic E-state index is -1.15. The topological polar surface area (TPSA) is 96.5 Å². The second kappa shape index (κ2) is 8.56. The summed E-state index contributed by atoms with van der Waals surface area (Å²) in [6.45, 7) is 0.498. The zero-order chi connectivity index (χ0) is 22.0. The van der Waals surface area contributed by atoms with E-state index in [1.807, 2.05) is 0 Å². The molecule has 2 aromatic heterocycles. The zero-order valence-electron chi connectivity index (χ0n) is 17.0. The molecule has 10 heteroatoms. The Morgan fingerprint density at radius 2 is 1.90 bits per heavy atom. The first-order valence-electron chi connectivity index (χ1n) is 9.89. The maximum atomic E-state index is 14.5. The molecule has 0 radical (unpaired) electrons. The summed E-state index contributed by atoms with van der Waals surface area (Å²) in [4.78, 5) is 10.1. The van der Waals surface area contributed by atoms with Crippen LogP contribution in [0.25, 0.3) is 11.5 Å². The quantitative estimate of drug-likeness (QED) is 0.616. The van der Waals surface area contributed by atoms with Crippen molar-refractivity contribution in [1.82, 2.24) is 19.7 Å². The number of nitrogens with zero attached hydrogens (tertiary/aromatic N) is 5. The number of methoxy groups -OCH3 is 1. The van der Waals surface area contributed by atoms with Crippen molar-refractivity contribution in [3.63, 3.8) is 0 Å². The minimum Gasteiger partial charge on any atom is -0.481 e. The number of hydrogen-bond acceptors (Lipinski definition) is 7. The van der Waals surface area contributed by atoms with E-state index in [1.165, 1.54) is 17.9 Å². The van der Waals surface area contributed by atoms with Crippen LogP contribution in [0.4, 0.5) is 14.6 Å². The summed E-state index contributed by atoms with van der Waals surface area (Å²) in [5.74, 6) is -0.248. The fourth-order valence-electron chi connectivity index (χ4n) is 3.57. The summed E-state index contributed by atoms with van der Waals surface area (Å²) in [6, 6.07) is 7.99. The summed E-state index contributed by atoms with van der Waals surface area (Å²) >= 11 is 0. The molecule has 3 heterocycles. The first-order valence-corrected chi connectivity index (χ1v) is 9.89. The molecule has 31 heavy (non-hydrogen) atoms. The fourth-order valence-corrected chi connectivity index (χ4v) is 3.57. The van der Waals surface area contributed by atoms with Gasteiger partial charge in [0.25, 0.3) is 0 Å². The van der Waals surface area contributed by atoms with Gasteiger partial charge in [-0.25, -0.2) is 23.4 Å². The molecule has 0 atom stereocenters. The molecule has 1 aliphatic heterocycles. The SMILES string of the molecule is COc1cc(-c2ncc(F)c(N3CCC(O)(CO)CC3)n2)nn1Cc1ccccc1F. The van der Waals surface area contributed by atoms with Crippen molar-refractivity contribution in [2.75, 3.05) is 31.7 Å². The van der Waals surface area contributed by atoms with Gasteiger partial charge in [-0.3, -0.25) is 0 Å². The first-order chi connectivity index (χ1) is 14.9. The van der Waals surface area contributed by atoms with Crippen LogP contribution in [-0.2, 0) is 6.54 Å². The Morgan fingerprint density at radius 1 is 1.16 bits per heavy atom. The minimum absolute atomic E-state index is 0.104. The van der Waals surface area contributed by atoms with Gasteiger partial charge in [0.05, 0.1) is 32.1 Å². The van der Waals surface area contributed by atoms with Gasteiger partial charge in [-0.05, 0) is 18.9 Å². The number of aliphatic hydroxyl groups excluding tert-OH is 1. The summed E-state index contributed by atoms with van der Waals surface area (Å²) in [5, 5.41) is 23.9. The Kier molecular flexibility index (Phi) is 5.84. The van der Waals surface area contributed by atoms with Gasteiger partial charge in [0.2, 0.25) is 5.88 Å². The van der Waals surface area contributed by atoms with Crippen LogP contribution in [0.15, 0.2) is 36.5 Å². The van der Waals surface area contributed by atoms with Gasteiger partial charge in [0.1, 0.15) is 11.5 Å². The van der Waals surface area contributed by atoms with E-state index >= 15 is 0 Å². The Hall–Kier alpha value is -3.11. The average Bonchev–Trinajstić information content (AvgIpc) is 3.19. The predicted molar refractivity (Wildman–Crippen MR) is 109 cm³/mol. The van der Waals surface area contributed by atoms with Crippen molar-refractivity contribution in [1.29, 1.82) is 0 Å². The van der Waals surface area contributed by atoms with Crippen LogP contribution in [-0.4, -0.2) is 62.4 Å². The average molecular weight is 431 g/mol. The van der Waals surface area contributed by atoms with E-state index < -0.39 is 11.4 Å². The number of hydrogen-bond donors (Lipinski definition) is 2. The maximum absolute atomic E-state index is 14.5. The lowest BCUT2D eigenvalue weighted by molar-refractivity contribution is -0.0327. The van der Waals surface area contributed by atoms with E-state index in [2.05, 4.69) is 15.1 Å². The molecule has 3 aromatic rings. The molecule has 0 saturated carbocycles. The Morgan fingerprint density at radius 3 is 2.58 bits per heavy atom. The monoisotopic (exact) mass is 431 g/mol. The molecular formula is C21H23F2N5O3. The van der Waals surface area contributed by atoms with Crippen LogP contribution in [0.2, 0.25) is 0 Å². The Balaban J connectivity index is 1.61. The van der Waals surface area contributed by atoms with Crippen molar-refractivity contribution < 1.29 is 23.7 Å². The number of rotatable bonds is 6. The van der Waals surface area contributed by atoms with Gasteiger partial charge in [-0.2, -0.15) is 5.10 Å². The highest BCUT2D eigenvalue weighted by atomic mass is 19.1. The number of ether oxygens (including phenoxy) is 1. The fraction of sp³-hybridized carbons (Fsp3) is 0.381. The van der Waals surface area contributed by atoms with Crippen molar-refractivity contribution in [2.45, 2.75) is 25.0 Å². The molecule has 0 bridgehead atoms. The number of piperidine rings is 1. The molecule has 8 nitrogen and oxygen atoms in total. The second-order valence-electron chi connectivity index (χ2n) is 7.56. The van der Waals surface area contributed by atoms with E-state index in [0.717, 1.165) is 6.20 Å². The number of aromatic nitrogens is 4. The van der Waals surface area contributed by atoms with Crippen molar-refractivity contribution in [2.24, 2.45) is 0 Å².